The molecule has 0 radical (unpaired) electrons. The van der Waals surface area contributed by atoms with Gasteiger partial charge in [0, 0.05) is 13.2 Å². The molecule has 0 saturated heterocycles. The fraction of sp³-hybridized carbons (Fsp3) is 0.444. The second kappa shape index (κ2) is 11.5. The molecule has 0 spiro atoms. The molecule has 2 nitrogen and oxygen atoms in total. The van der Waals surface area contributed by atoms with E-state index in [2.05, 4.69) is 63.2 Å². The Morgan fingerprint density at radius 1 is 0.810 bits per heavy atom. The van der Waals surface area contributed by atoms with Crippen LogP contribution in [0, 0.1) is 0 Å². The van der Waals surface area contributed by atoms with Crippen LogP contribution in [-0.4, -0.2) is 23.2 Å². The van der Waals surface area contributed by atoms with E-state index in [0.29, 0.717) is 0 Å². The van der Waals surface area contributed by atoms with Crippen LogP contribution < -0.4 is 0 Å². The summed E-state index contributed by atoms with van der Waals surface area (Å²) in [6.45, 7) is 8.15. The molecular weight excluding hydrogens is 276 g/mol. The molecule has 0 amide bonds. The van der Waals surface area contributed by atoms with Gasteiger partial charge in [-0.1, -0.05) is 63.2 Å². The van der Waals surface area contributed by atoms with Gasteiger partial charge in [-0.25, -0.2) is 0 Å². The van der Waals surface area contributed by atoms with Crippen LogP contribution in [0.5, 0.6) is 0 Å². The highest BCUT2D eigenvalue weighted by Gasteiger charge is 1.95. The van der Waals surface area contributed by atoms with Crippen molar-refractivity contribution in [2.45, 2.75) is 40.0 Å². The number of rotatable bonds is 7. The van der Waals surface area contributed by atoms with Crippen molar-refractivity contribution in [2.24, 2.45) is 0 Å². The van der Waals surface area contributed by atoms with Gasteiger partial charge in [0.05, 0.1) is 0 Å². The molecule has 116 valence electrons. The van der Waals surface area contributed by atoms with E-state index in [1.165, 1.54) is 16.3 Å². The molecule has 0 fully saturated rings. The molecular formula is C18H28O2Si. The monoisotopic (exact) mass is 304 g/mol. The third-order valence-corrected chi connectivity index (χ3v) is 4.04. The highest BCUT2D eigenvalue weighted by molar-refractivity contribution is 6.17. The summed E-state index contributed by atoms with van der Waals surface area (Å²) >= 11 is 0. The van der Waals surface area contributed by atoms with E-state index in [1.807, 2.05) is 0 Å². The van der Waals surface area contributed by atoms with E-state index < -0.39 is 10.0 Å². The molecule has 3 heteroatoms. The lowest BCUT2D eigenvalue weighted by atomic mass is 10.0. The van der Waals surface area contributed by atoms with Crippen LogP contribution in [0.15, 0.2) is 42.5 Å². The standard InChI is InChI=1S/C12H12.C6H16O2Si/c1-2-10-7-5-8-11-6-3-4-9-12(10)11;1-3-5-7-9-8-6-4-2/h3-9H,2H2,1H3;3-6,9H2,1-2H3. The molecule has 0 aromatic heterocycles. The van der Waals surface area contributed by atoms with Crippen LogP contribution in [-0.2, 0) is 15.3 Å². The van der Waals surface area contributed by atoms with Crippen LogP contribution in [0.3, 0.4) is 0 Å². The van der Waals surface area contributed by atoms with Crippen LogP contribution in [0.4, 0.5) is 0 Å². The molecule has 0 aliphatic heterocycles. The van der Waals surface area contributed by atoms with Crippen molar-refractivity contribution in [2.75, 3.05) is 13.2 Å². The van der Waals surface area contributed by atoms with E-state index in [1.54, 1.807) is 0 Å². The molecule has 0 N–H and O–H groups in total. The Morgan fingerprint density at radius 2 is 1.43 bits per heavy atom. The van der Waals surface area contributed by atoms with Gasteiger partial charge in [-0.2, -0.15) is 0 Å². The lowest BCUT2D eigenvalue weighted by Crippen LogP contribution is -2.05. The summed E-state index contributed by atoms with van der Waals surface area (Å²) in [6.07, 6.45) is 3.31. The van der Waals surface area contributed by atoms with Crippen molar-refractivity contribution in [3.63, 3.8) is 0 Å². The maximum Gasteiger partial charge on any atom is 0.304 e. The van der Waals surface area contributed by atoms with Crippen molar-refractivity contribution in [1.82, 2.24) is 0 Å². The first kappa shape index (κ1) is 17.9. The van der Waals surface area contributed by atoms with Crippen LogP contribution >= 0.6 is 0 Å². The Labute approximate surface area is 131 Å². The largest absolute Gasteiger partial charge is 0.399 e. The lowest BCUT2D eigenvalue weighted by molar-refractivity contribution is 0.222. The van der Waals surface area contributed by atoms with Gasteiger partial charge < -0.3 is 8.85 Å². The first-order chi connectivity index (χ1) is 10.3. The normalized spacial score (nSPS) is 10.2. The number of hydrogen-bond donors (Lipinski definition) is 0. The third-order valence-electron chi connectivity index (χ3n) is 3.12. The Morgan fingerprint density at radius 3 is 2.05 bits per heavy atom. The molecule has 0 aliphatic carbocycles. The van der Waals surface area contributed by atoms with Gasteiger partial charge in [-0.3, -0.25) is 0 Å². The zero-order valence-corrected chi connectivity index (χ0v) is 15.0. The fourth-order valence-electron chi connectivity index (χ4n) is 2.07. The number of hydrogen-bond acceptors (Lipinski definition) is 2. The molecule has 0 unspecified atom stereocenters. The SMILES string of the molecule is CCCO[SiH2]OCCC.CCc1cccc2ccccc12. The highest BCUT2D eigenvalue weighted by atomic mass is 28.3. The fourth-order valence-corrected chi connectivity index (χ4v) is 3.00. The maximum absolute atomic E-state index is 5.20. The molecule has 0 aliphatic rings. The Bertz CT molecular complexity index is 488. The number of aryl methyl sites for hydroxylation is 1. The van der Waals surface area contributed by atoms with Crippen molar-refractivity contribution in [3.8, 4) is 0 Å². The van der Waals surface area contributed by atoms with Gasteiger partial charge in [-0.15, -0.1) is 0 Å². The van der Waals surface area contributed by atoms with E-state index in [-0.39, 0.29) is 0 Å². The third kappa shape index (κ3) is 6.89. The van der Waals surface area contributed by atoms with E-state index >= 15 is 0 Å². The minimum atomic E-state index is -0.611. The van der Waals surface area contributed by atoms with Crippen LogP contribution in [0.2, 0.25) is 0 Å². The van der Waals surface area contributed by atoms with Crippen molar-refractivity contribution >= 4 is 20.8 Å². The average Bonchev–Trinajstić information content (AvgIpc) is 2.55. The van der Waals surface area contributed by atoms with Gasteiger partial charge in [0.1, 0.15) is 0 Å². The van der Waals surface area contributed by atoms with Crippen LogP contribution in [0.1, 0.15) is 39.2 Å². The molecule has 0 heterocycles. The van der Waals surface area contributed by atoms with Gasteiger partial charge in [-0.05, 0) is 35.6 Å². The predicted octanol–water partition coefficient (Wildman–Crippen LogP) is 4.24. The molecule has 0 saturated carbocycles. The summed E-state index contributed by atoms with van der Waals surface area (Å²) in [5.74, 6) is 0. The maximum atomic E-state index is 5.20. The van der Waals surface area contributed by atoms with Crippen molar-refractivity contribution in [3.05, 3.63) is 48.0 Å². The smallest absolute Gasteiger partial charge is 0.304 e. The van der Waals surface area contributed by atoms with Gasteiger partial charge in [0.2, 0.25) is 0 Å². The quantitative estimate of drug-likeness (QED) is 0.562. The summed E-state index contributed by atoms with van der Waals surface area (Å²) in [6, 6.07) is 15.0. The summed E-state index contributed by atoms with van der Waals surface area (Å²) in [7, 11) is -0.611. The Kier molecular flexibility index (Phi) is 9.79. The summed E-state index contributed by atoms with van der Waals surface area (Å²) in [5.41, 5.74) is 1.44. The van der Waals surface area contributed by atoms with Crippen molar-refractivity contribution in [1.29, 1.82) is 0 Å². The Balaban J connectivity index is 0.000000222. The molecule has 2 rings (SSSR count). The molecule has 2 aromatic rings. The second-order valence-corrected chi connectivity index (χ2v) is 5.98. The van der Waals surface area contributed by atoms with Gasteiger partial charge in [0.25, 0.3) is 0 Å². The molecule has 0 atom stereocenters. The minimum Gasteiger partial charge on any atom is -0.399 e. The first-order valence-electron chi connectivity index (χ1n) is 7.95. The lowest BCUT2D eigenvalue weighted by Gasteiger charge is -2.02. The van der Waals surface area contributed by atoms with Gasteiger partial charge >= 0.3 is 10.0 Å². The summed E-state index contributed by atoms with van der Waals surface area (Å²) in [5, 5.41) is 2.74. The summed E-state index contributed by atoms with van der Waals surface area (Å²) < 4.78 is 10.4. The first-order valence-corrected chi connectivity index (χ1v) is 9.11. The number of benzene rings is 2. The van der Waals surface area contributed by atoms with Crippen molar-refractivity contribution < 1.29 is 8.85 Å². The predicted molar refractivity (Wildman–Crippen MR) is 94.4 cm³/mol. The average molecular weight is 305 g/mol. The van der Waals surface area contributed by atoms with Gasteiger partial charge in [0.15, 0.2) is 0 Å². The molecule has 2 aromatic carbocycles. The van der Waals surface area contributed by atoms with E-state index in [9.17, 15) is 0 Å². The molecule has 21 heavy (non-hydrogen) atoms. The minimum absolute atomic E-state index is 0.611. The van der Waals surface area contributed by atoms with E-state index in [0.717, 1.165) is 32.5 Å². The zero-order chi connectivity index (χ0) is 15.3. The topological polar surface area (TPSA) is 18.5 Å². The second-order valence-electron chi connectivity index (χ2n) is 4.93. The van der Waals surface area contributed by atoms with E-state index in [4.69, 9.17) is 8.85 Å². The van der Waals surface area contributed by atoms with Crippen LogP contribution in [0.25, 0.3) is 10.8 Å². The molecule has 0 bridgehead atoms. The number of fused-ring (bicyclic) bond motifs is 1. The highest BCUT2D eigenvalue weighted by Crippen LogP contribution is 2.18. The summed E-state index contributed by atoms with van der Waals surface area (Å²) in [4.78, 5) is 0. The zero-order valence-electron chi connectivity index (χ0n) is 13.6. The Hall–Kier alpha value is -1.16.